The molecule has 0 N–H and O–H groups in total. The van der Waals surface area contributed by atoms with Gasteiger partial charge in [0, 0.05) is 11.6 Å². The van der Waals surface area contributed by atoms with E-state index in [0.717, 1.165) is 34.1 Å². The molecule has 3 aromatic rings. The van der Waals surface area contributed by atoms with Crippen LogP contribution in [0.1, 0.15) is 19.4 Å². The van der Waals surface area contributed by atoms with Gasteiger partial charge in [-0.25, -0.2) is 4.99 Å². The molecular weight excluding hydrogens is 390 g/mol. The molecule has 0 radical (unpaired) electrons. The summed E-state index contributed by atoms with van der Waals surface area (Å²) in [6.45, 7) is 6.44. The summed E-state index contributed by atoms with van der Waals surface area (Å²) in [5.74, 6) is 3.30. The Morgan fingerprint density at radius 1 is 0.871 bits per heavy atom. The Hall–Kier alpha value is -3.73. The number of hydrogen-bond acceptors (Lipinski definition) is 5. The topological polar surface area (TPSA) is 49.3 Å². The second-order valence-corrected chi connectivity index (χ2v) is 6.86. The minimum absolute atomic E-state index is 0.423. The molecule has 0 fully saturated rings. The third-order valence-electron chi connectivity index (χ3n) is 4.33. The van der Waals surface area contributed by atoms with Gasteiger partial charge in [0.1, 0.15) is 23.0 Å². The summed E-state index contributed by atoms with van der Waals surface area (Å²) in [5.41, 5.74) is 2.60. The number of methoxy groups -OCH3 is 1. The number of aliphatic imine (C=N–C) groups is 1. The Morgan fingerprint density at radius 3 is 2.29 bits per heavy atom. The maximum atomic E-state index is 6.13. The first-order valence-electron chi connectivity index (χ1n) is 10.1. The summed E-state index contributed by atoms with van der Waals surface area (Å²) in [7, 11) is 1.63. The molecule has 31 heavy (non-hydrogen) atoms. The zero-order valence-corrected chi connectivity index (χ0v) is 18.3. The third kappa shape index (κ3) is 6.64. The molecule has 0 atom stereocenters. The van der Waals surface area contributed by atoms with E-state index in [1.54, 1.807) is 13.4 Å². The molecule has 5 heteroatoms. The zero-order chi connectivity index (χ0) is 22.1. The van der Waals surface area contributed by atoms with Gasteiger partial charge in [-0.2, -0.15) is 0 Å². The van der Waals surface area contributed by atoms with Gasteiger partial charge in [0.05, 0.1) is 25.7 Å². The van der Waals surface area contributed by atoms with Crippen LogP contribution in [0.25, 0.3) is 0 Å². The van der Waals surface area contributed by atoms with Crippen molar-refractivity contribution in [1.82, 2.24) is 0 Å². The fourth-order valence-electron chi connectivity index (χ4n) is 2.77. The van der Waals surface area contributed by atoms with Crippen LogP contribution in [-0.2, 0) is 0 Å². The number of aryl methyl sites for hydroxylation is 1. The van der Waals surface area contributed by atoms with Gasteiger partial charge in [-0.1, -0.05) is 18.2 Å². The van der Waals surface area contributed by atoms with Gasteiger partial charge in [-0.15, -0.1) is 0 Å². The highest BCUT2D eigenvalue weighted by molar-refractivity contribution is 5.96. The fourth-order valence-corrected chi connectivity index (χ4v) is 2.77. The molecule has 3 rings (SSSR count). The minimum atomic E-state index is 0.423. The summed E-state index contributed by atoms with van der Waals surface area (Å²) in [6.07, 6.45) is 1.64. The molecule has 5 nitrogen and oxygen atoms in total. The van der Waals surface area contributed by atoms with E-state index in [1.165, 1.54) is 0 Å². The minimum Gasteiger partial charge on any atom is -0.497 e. The molecule has 0 amide bonds. The second kappa shape index (κ2) is 10.9. The highest BCUT2D eigenvalue weighted by Gasteiger charge is 2.09. The highest BCUT2D eigenvalue weighted by Crippen LogP contribution is 2.24. The van der Waals surface area contributed by atoms with Crippen molar-refractivity contribution in [3.63, 3.8) is 0 Å². The van der Waals surface area contributed by atoms with Gasteiger partial charge in [0.25, 0.3) is 0 Å². The summed E-state index contributed by atoms with van der Waals surface area (Å²) in [5, 5.41) is 0. The molecule has 0 aromatic heterocycles. The maximum Gasteiger partial charge on any atom is 0.225 e. The van der Waals surface area contributed by atoms with E-state index in [9.17, 15) is 0 Å². The summed E-state index contributed by atoms with van der Waals surface area (Å²) < 4.78 is 22.8. The SMILES string of the molecule is CCOc1cccc(OC(=N/c2ccc(OC)cc2)/C(C)=C/Oc2cccc(C)c2)c1. The van der Waals surface area contributed by atoms with E-state index in [1.807, 2.05) is 93.6 Å². The zero-order valence-electron chi connectivity index (χ0n) is 18.3. The molecule has 0 aliphatic heterocycles. The van der Waals surface area contributed by atoms with Crippen LogP contribution in [-0.4, -0.2) is 19.6 Å². The Morgan fingerprint density at radius 2 is 1.58 bits per heavy atom. The van der Waals surface area contributed by atoms with E-state index >= 15 is 0 Å². The van der Waals surface area contributed by atoms with Crippen LogP contribution in [0.2, 0.25) is 0 Å². The molecule has 0 saturated carbocycles. The first-order valence-corrected chi connectivity index (χ1v) is 10.1. The largest absolute Gasteiger partial charge is 0.497 e. The van der Waals surface area contributed by atoms with Crippen molar-refractivity contribution in [2.24, 2.45) is 4.99 Å². The first-order chi connectivity index (χ1) is 15.1. The molecule has 160 valence electrons. The average Bonchev–Trinajstić information content (AvgIpc) is 2.78. The molecule has 0 heterocycles. The molecular formula is C26H27NO4. The normalized spacial score (nSPS) is 11.7. The van der Waals surface area contributed by atoms with Gasteiger partial charge in [0.15, 0.2) is 0 Å². The lowest BCUT2D eigenvalue weighted by molar-refractivity contribution is 0.339. The third-order valence-corrected chi connectivity index (χ3v) is 4.33. The highest BCUT2D eigenvalue weighted by atomic mass is 16.5. The summed E-state index contributed by atoms with van der Waals surface area (Å²) >= 11 is 0. The Bertz CT molecular complexity index is 1060. The van der Waals surface area contributed by atoms with Crippen molar-refractivity contribution in [2.75, 3.05) is 13.7 Å². The van der Waals surface area contributed by atoms with E-state index in [4.69, 9.17) is 18.9 Å². The quantitative estimate of drug-likeness (QED) is 0.239. The lowest BCUT2D eigenvalue weighted by Gasteiger charge is -2.12. The molecule has 0 unspecified atom stereocenters. The molecule has 0 spiro atoms. The monoisotopic (exact) mass is 417 g/mol. The second-order valence-electron chi connectivity index (χ2n) is 6.86. The molecule has 0 aliphatic rings. The van der Waals surface area contributed by atoms with Gasteiger partial charge in [-0.3, -0.25) is 0 Å². The van der Waals surface area contributed by atoms with Crippen molar-refractivity contribution in [1.29, 1.82) is 0 Å². The van der Waals surface area contributed by atoms with Crippen molar-refractivity contribution in [2.45, 2.75) is 20.8 Å². The van der Waals surface area contributed by atoms with Crippen LogP contribution in [0, 0.1) is 6.92 Å². The standard InChI is InChI=1S/C26H27NO4/c1-5-29-24-10-7-11-25(17-24)31-26(27-21-12-14-22(28-4)15-13-21)20(3)18-30-23-9-6-8-19(2)16-23/h6-18H,5H2,1-4H3/b20-18+,27-26+. The lowest BCUT2D eigenvalue weighted by Crippen LogP contribution is -2.11. The number of nitrogens with zero attached hydrogens (tertiary/aromatic N) is 1. The van der Waals surface area contributed by atoms with Gasteiger partial charge in [-0.05, 0) is 74.9 Å². The van der Waals surface area contributed by atoms with E-state index in [0.29, 0.717) is 18.3 Å². The number of ether oxygens (including phenoxy) is 4. The van der Waals surface area contributed by atoms with Crippen LogP contribution < -0.4 is 18.9 Å². The smallest absolute Gasteiger partial charge is 0.225 e. The van der Waals surface area contributed by atoms with Gasteiger partial charge < -0.3 is 18.9 Å². The van der Waals surface area contributed by atoms with Crippen LogP contribution in [0.4, 0.5) is 5.69 Å². The van der Waals surface area contributed by atoms with Gasteiger partial charge in [0.2, 0.25) is 5.90 Å². The van der Waals surface area contributed by atoms with Crippen LogP contribution in [0.5, 0.6) is 23.0 Å². The van der Waals surface area contributed by atoms with E-state index in [2.05, 4.69) is 4.99 Å². The van der Waals surface area contributed by atoms with Crippen molar-refractivity contribution in [3.05, 3.63) is 90.2 Å². The van der Waals surface area contributed by atoms with Crippen molar-refractivity contribution >= 4 is 11.6 Å². The Balaban J connectivity index is 1.89. The Kier molecular flexibility index (Phi) is 7.71. The summed E-state index contributed by atoms with van der Waals surface area (Å²) in [6, 6.07) is 22.8. The molecule has 0 bridgehead atoms. The molecule has 0 saturated heterocycles. The van der Waals surface area contributed by atoms with E-state index in [-0.39, 0.29) is 0 Å². The van der Waals surface area contributed by atoms with Crippen molar-refractivity contribution < 1.29 is 18.9 Å². The van der Waals surface area contributed by atoms with E-state index < -0.39 is 0 Å². The summed E-state index contributed by atoms with van der Waals surface area (Å²) in [4.78, 5) is 4.68. The van der Waals surface area contributed by atoms with Crippen LogP contribution in [0.3, 0.4) is 0 Å². The van der Waals surface area contributed by atoms with Crippen molar-refractivity contribution in [3.8, 4) is 23.0 Å². The number of rotatable bonds is 8. The lowest BCUT2D eigenvalue weighted by atomic mass is 10.2. The molecule has 0 aliphatic carbocycles. The Labute approximate surface area is 183 Å². The van der Waals surface area contributed by atoms with Gasteiger partial charge >= 0.3 is 0 Å². The molecule has 3 aromatic carbocycles. The first kappa shape index (κ1) is 22.0. The number of benzene rings is 3. The number of hydrogen-bond donors (Lipinski definition) is 0. The van der Waals surface area contributed by atoms with Crippen LogP contribution >= 0.6 is 0 Å². The predicted octanol–water partition coefficient (Wildman–Crippen LogP) is 6.49. The van der Waals surface area contributed by atoms with Crippen LogP contribution in [0.15, 0.2) is 89.6 Å². The maximum absolute atomic E-state index is 6.13. The fraction of sp³-hybridized carbons (Fsp3) is 0.192. The average molecular weight is 418 g/mol. The predicted molar refractivity (Wildman–Crippen MR) is 124 cm³/mol.